The second-order valence-electron chi connectivity index (χ2n) is 5.79. The number of hydrogen-bond donors (Lipinski definition) is 0. The fourth-order valence-corrected chi connectivity index (χ4v) is 4.11. The van der Waals surface area contributed by atoms with Gasteiger partial charge in [-0.3, -0.25) is 9.88 Å². The molecule has 3 aromatic rings. The molecule has 1 aliphatic heterocycles. The maximum absolute atomic E-state index is 13.9. The number of hydrogen-bond acceptors (Lipinski definition) is 3. The largest absolute Gasteiger partial charge is 0.292 e. The van der Waals surface area contributed by atoms with Crippen LogP contribution >= 0.6 is 11.3 Å². The van der Waals surface area contributed by atoms with E-state index in [4.69, 9.17) is 0 Å². The van der Waals surface area contributed by atoms with Gasteiger partial charge in [-0.2, -0.15) is 11.3 Å². The molecular formula is C18H17FN2S. The van der Waals surface area contributed by atoms with Crippen molar-refractivity contribution in [2.24, 2.45) is 0 Å². The van der Waals surface area contributed by atoms with Gasteiger partial charge in [-0.15, -0.1) is 0 Å². The summed E-state index contributed by atoms with van der Waals surface area (Å²) >= 11 is 1.75. The molecule has 4 rings (SSSR count). The van der Waals surface area contributed by atoms with Gasteiger partial charge >= 0.3 is 0 Å². The molecule has 2 aromatic heterocycles. The predicted octanol–water partition coefficient (Wildman–Crippen LogP) is 4.77. The first-order valence-corrected chi connectivity index (χ1v) is 8.55. The first-order chi connectivity index (χ1) is 10.8. The van der Waals surface area contributed by atoms with Crippen LogP contribution in [0, 0.1) is 5.82 Å². The summed E-state index contributed by atoms with van der Waals surface area (Å²) in [5.74, 6) is -0.192. The van der Waals surface area contributed by atoms with Crippen LogP contribution in [-0.2, 0) is 6.54 Å². The number of rotatable bonds is 3. The number of fused-ring (bicyclic) bond motifs is 1. The highest BCUT2D eigenvalue weighted by Gasteiger charge is 2.26. The van der Waals surface area contributed by atoms with Gasteiger partial charge in [-0.05, 0) is 65.5 Å². The summed E-state index contributed by atoms with van der Waals surface area (Å²) in [6.45, 7) is 1.92. The number of benzene rings is 1. The molecular weight excluding hydrogens is 295 g/mol. The number of aromatic nitrogens is 1. The van der Waals surface area contributed by atoms with Crippen molar-refractivity contribution in [3.05, 3.63) is 64.2 Å². The lowest BCUT2D eigenvalue weighted by Gasteiger charge is -2.24. The second kappa shape index (κ2) is 5.78. The topological polar surface area (TPSA) is 16.1 Å². The lowest BCUT2D eigenvalue weighted by Crippen LogP contribution is -2.22. The number of thiophene rings is 1. The fraction of sp³-hybridized carbons (Fsp3) is 0.278. The SMILES string of the molecule is Fc1ccc(CN2CCCC2c2ccsc2)c2ncccc12. The molecule has 22 heavy (non-hydrogen) atoms. The highest BCUT2D eigenvalue weighted by Crippen LogP contribution is 2.35. The minimum atomic E-state index is -0.192. The quantitative estimate of drug-likeness (QED) is 0.692. The molecule has 3 heterocycles. The van der Waals surface area contributed by atoms with Gasteiger partial charge in [-0.1, -0.05) is 6.07 Å². The molecule has 0 N–H and O–H groups in total. The van der Waals surface area contributed by atoms with E-state index >= 15 is 0 Å². The van der Waals surface area contributed by atoms with Gasteiger partial charge in [-0.25, -0.2) is 4.39 Å². The molecule has 112 valence electrons. The molecule has 1 aliphatic rings. The Labute approximate surface area is 133 Å². The summed E-state index contributed by atoms with van der Waals surface area (Å²) in [5, 5.41) is 5.00. The highest BCUT2D eigenvalue weighted by molar-refractivity contribution is 7.07. The van der Waals surface area contributed by atoms with Crippen LogP contribution in [0.5, 0.6) is 0 Å². The lowest BCUT2D eigenvalue weighted by molar-refractivity contribution is 0.249. The Kier molecular flexibility index (Phi) is 3.64. The zero-order valence-corrected chi connectivity index (χ0v) is 13.0. The van der Waals surface area contributed by atoms with E-state index < -0.39 is 0 Å². The molecule has 0 amide bonds. The summed E-state index contributed by atoms with van der Waals surface area (Å²) < 4.78 is 13.9. The summed E-state index contributed by atoms with van der Waals surface area (Å²) in [4.78, 5) is 6.90. The Morgan fingerprint density at radius 2 is 2.23 bits per heavy atom. The lowest BCUT2D eigenvalue weighted by atomic mass is 10.1. The van der Waals surface area contributed by atoms with Crippen LogP contribution in [0.4, 0.5) is 4.39 Å². The maximum Gasteiger partial charge on any atom is 0.132 e. The number of likely N-dealkylation sites (tertiary alicyclic amines) is 1. The van der Waals surface area contributed by atoms with Crippen molar-refractivity contribution in [3.8, 4) is 0 Å². The van der Waals surface area contributed by atoms with Gasteiger partial charge in [0.2, 0.25) is 0 Å². The number of halogens is 1. The molecule has 4 heteroatoms. The highest BCUT2D eigenvalue weighted by atomic mass is 32.1. The monoisotopic (exact) mass is 312 g/mol. The molecule has 0 aliphatic carbocycles. The Bertz CT molecular complexity index is 785. The predicted molar refractivity (Wildman–Crippen MR) is 88.4 cm³/mol. The van der Waals surface area contributed by atoms with E-state index in [1.165, 1.54) is 18.4 Å². The standard InChI is InChI=1S/C18H17FN2S/c19-16-6-5-13(18-15(16)3-1-8-20-18)11-21-9-2-4-17(21)14-7-10-22-12-14/h1,3,5-8,10,12,17H,2,4,9,11H2. The molecule has 1 atom stereocenters. The van der Waals surface area contributed by atoms with E-state index in [0.29, 0.717) is 11.4 Å². The van der Waals surface area contributed by atoms with Crippen molar-refractivity contribution in [2.75, 3.05) is 6.54 Å². The van der Waals surface area contributed by atoms with Gasteiger partial charge < -0.3 is 0 Å². The van der Waals surface area contributed by atoms with Crippen molar-refractivity contribution in [3.63, 3.8) is 0 Å². The van der Waals surface area contributed by atoms with Crippen LogP contribution in [0.2, 0.25) is 0 Å². The number of pyridine rings is 1. The number of nitrogens with zero attached hydrogens (tertiary/aromatic N) is 2. The summed E-state index contributed by atoms with van der Waals surface area (Å²) in [6.07, 6.45) is 4.15. The Balaban J connectivity index is 1.67. The van der Waals surface area contributed by atoms with Gasteiger partial charge in [0.25, 0.3) is 0 Å². The molecule has 0 radical (unpaired) electrons. The third-order valence-electron chi connectivity index (χ3n) is 4.47. The van der Waals surface area contributed by atoms with Gasteiger partial charge in [0, 0.05) is 24.2 Å². The van der Waals surface area contributed by atoms with Gasteiger partial charge in [0.1, 0.15) is 5.82 Å². The van der Waals surface area contributed by atoms with E-state index in [0.717, 1.165) is 24.2 Å². The Morgan fingerprint density at radius 1 is 1.27 bits per heavy atom. The maximum atomic E-state index is 13.9. The summed E-state index contributed by atoms with van der Waals surface area (Å²) in [5.41, 5.74) is 3.31. The van der Waals surface area contributed by atoms with Crippen molar-refractivity contribution in [1.82, 2.24) is 9.88 Å². The third-order valence-corrected chi connectivity index (χ3v) is 5.17. The molecule has 1 saturated heterocycles. The summed E-state index contributed by atoms with van der Waals surface area (Å²) in [7, 11) is 0. The minimum Gasteiger partial charge on any atom is -0.292 e. The van der Waals surface area contributed by atoms with Crippen molar-refractivity contribution in [2.45, 2.75) is 25.4 Å². The zero-order chi connectivity index (χ0) is 14.9. The Hall–Kier alpha value is -1.78. The molecule has 1 unspecified atom stereocenters. The van der Waals surface area contributed by atoms with E-state index in [2.05, 4.69) is 26.7 Å². The van der Waals surface area contributed by atoms with Crippen molar-refractivity contribution >= 4 is 22.2 Å². The van der Waals surface area contributed by atoms with E-state index in [1.54, 1.807) is 29.7 Å². The van der Waals surface area contributed by atoms with Gasteiger partial charge in [0.05, 0.1) is 5.52 Å². The van der Waals surface area contributed by atoms with Crippen LogP contribution in [0.25, 0.3) is 10.9 Å². The molecule has 2 nitrogen and oxygen atoms in total. The van der Waals surface area contributed by atoms with Crippen LogP contribution in [0.1, 0.15) is 30.0 Å². The van der Waals surface area contributed by atoms with E-state index in [1.807, 2.05) is 12.1 Å². The third kappa shape index (κ3) is 2.42. The molecule has 0 saturated carbocycles. The second-order valence-corrected chi connectivity index (χ2v) is 6.57. The Morgan fingerprint density at radius 3 is 3.09 bits per heavy atom. The minimum absolute atomic E-state index is 0.192. The first-order valence-electron chi connectivity index (χ1n) is 7.61. The molecule has 1 aromatic carbocycles. The first kappa shape index (κ1) is 13.9. The van der Waals surface area contributed by atoms with Crippen molar-refractivity contribution in [1.29, 1.82) is 0 Å². The normalized spacial score (nSPS) is 19.0. The molecule has 0 spiro atoms. The molecule has 0 bridgehead atoms. The van der Waals surface area contributed by atoms with Crippen LogP contribution in [-0.4, -0.2) is 16.4 Å². The summed E-state index contributed by atoms with van der Waals surface area (Å²) in [6, 6.07) is 9.74. The van der Waals surface area contributed by atoms with E-state index in [-0.39, 0.29) is 5.82 Å². The molecule has 1 fully saturated rings. The van der Waals surface area contributed by atoms with Crippen LogP contribution < -0.4 is 0 Å². The smallest absolute Gasteiger partial charge is 0.132 e. The van der Waals surface area contributed by atoms with Crippen LogP contribution in [0.3, 0.4) is 0 Å². The van der Waals surface area contributed by atoms with E-state index in [9.17, 15) is 4.39 Å². The van der Waals surface area contributed by atoms with Crippen LogP contribution in [0.15, 0.2) is 47.3 Å². The average Bonchev–Trinajstić information content (AvgIpc) is 3.21. The zero-order valence-electron chi connectivity index (χ0n) is 12.2. The van der Waals surface area contributed by atoms with Crippen molar-refractivity contribution < 1.29 is 4.39 Å². The average molecular weight is 312 g/mol. The van der Waals surface area contributed by atoms with Gasteiger partial charge in [0.15, 0.2) is 0 Å². The fourth-order valence-electron chi connectivity index (χ4n) is 3.40.